The molecule has 1 aliphatic carbocycles. The highest BCUT2D eigenvalue weighted by atomic mass is 79.9. The number of rotatable bonds is 4. The molecule has 7 heteroatoms. The third-order valence-corrected chi connectivity index (χ3v) is 8.15. The number of anilines is 1. The summed E-state index contributed by atoms with van der Waals surface area (Å²) in [6.45, 7) is 6.85. The van der Waals surface area contributed by atoms with Crippen molar-refractivity contribution >= 4 is 61.7 Å². The average molecular weight is 546 g/mol. The summed E-state index contributed by atoms with van der Waals surface area (Å²) in [5.41, 5.74) is 3.53. The Morgan fingerprint density at radius 3 is 2.64 bits per heavy atom. The zero-order valence-electron chi connectivity index (χ0n) is 18.8. The van der Waals surface area contributed by atoms with Crippen molar-refractivity contribution in [3.63, 3.8) is 0 Å². The zero-order valence-corrected chi connectivity index (χ0v) is 21.9. The van der Waals surface area contributed by atoms with E-state index in [9.17, 15) is 9.90 Å². The van der Waals surface area contributed by atoms with Crippen LogP contribution in [0.4, 0.5) is 10.7 Å². The number of hydrogen-bond donors (Lipinski definition) is 2. The van der Waals surface area contributed by atoms with Crippen LogP contribution in [0.2, 0.25) is 5.02 Å². The van der Waals surface area contributed by atoms with Crippen LogP contribution in [0.1, 0.15) is 53.6 Å². The van der Waals surface area contributed by atoms with Gasteiger partial charge >= 0.3 is 0 Å². The van der Waals surface area contributed by atoms with Gasteiger partial charge in [-0.1, -0.05) is 32.4 Å². The highest BCUT2D eigenvalue weighted by molar-refractivity contribution is 9.10. The van der Waals surface area contributed by atoms with E-state index in [1.165, 1.54) is 4.88 Å². The maximum atomic E-state index is 13.4. The van der Waals surface area contributed by atoms with Gasteiger partial charge in [0.25, 0.3) is 5.91 Å². The first kappa shape index (κ1) is 24.0. The predicted molar refractivity (Wildman–Crippen MR) is 142 cm³/mol. The number of benzene rings is 2. The molecule has 3 aromatic rings. The highest BCUT2D eigenvalue weighted by Gasteiger charge is 2.33. The zero-order chi connectivity index (χ0) is 23.8. The molecule has 172 valence electrons. The average Bonchev–Trinajstić information content (AvgIpc) is 3.13. The van der Waals surface area contributed by atoms with Crippen LogP contribution in [-0.4, -0.2) is 17.2 Å². The monoisotopic (exact) mass is 544 g/mol. The molecule has 1 aliphatic rings. The molecule has 0 bridgehead atoms. The topological polar surface area (TPSA) is 61.7 Å². The van der Waals surface area contributed by atoms with Crippen molar-refractivity contribution in [1.82, 2.24) is 0 Å². The second-order valence-corrected chi connectivity index (χ2v) is 11.8. The van der Waals surface area contributed by atoms with Crippen molar-refractivity contribution < 1.29 is 9.90 Å². The van der Waals surface area contributed by atoms with Gasteiger partial charge in [-0.3, -0.25) is 4.79 Å². The molecule has 0 fully saturated rings. The fourth-order valence-corrected chi connectivity index (χ4v) is 5.89. The number of nitrogens with one attached hydrogen (secondary N) is 1. The number of aromatic hydroxyl groups is 1. The van der Waals surface area contributed by atoms with Gasteiger partial charge in [0.15, 0.2) is 0 Å². The molecular formula is C26H26BrClN2O2S. The van der Waals surface area contributed by atoms with Crippen molar-refractivity contribution in [3.8, 4) is 5.75 Å². The summed E-state index contributed by atoms with van der Waals surface area (Å²) in [6.07, 6.45) is 4.63. The fraction of sp³-hybridized carbons (Fsp3) is 0.308. The molecule has 0 saturated heterocycles. The summed E-state index contributed by atoms with van der Waals surface area (Å²) in [6, 6.07) is 12.3. The largest absolute Gasteiger partial charge is 0.507 e. The van der Waals surface area contributed by atoms with Gasteiger partial charge in [-0.25, -0.2) is 4.99 Å². The Bertz CT molecular complexity index is 1210. The van der Waals surface area contributed by atoms with Crippen LogP contribution in [0.15, 0.2) is 51.9 Å². The molecule has 1 amide bonds. The quantitative estimate of drug-likeness (QED) is 0.326. The molecule has 1 atom stereocenters. The van der Waals surface area contributed by atoms with Crippen LogP contribution in [0, 0.1) is 11.3 Å². The molecule has 4 rings (SSSR count). The Morgan fingerprint density at radius 2 is 1.97 bits per heavy atom. The molecule has 0 radical (unpaired) electrons. The molecule has 1 aromatic heterocycles. The standard InChI is InChI=1S/C26H26BrClN2O2S/c1-26(2,3)16-5-10-19-22(13-16)33-25(29-14-15-4-11-21(31)20(27)12-15)23(19)24(32)30-18-8-6-17(28)7-9-18/h4,6-9,11-12,14,16,31H,5,10,13H2,1-3H3,(H,30,32)/t16-/m1/s1. The number of hydrogen-bond acceptors (Lipinski definition) is 4. The van der Waals surface area contributed by atoms with E-state index in [1.54, 1.807) is 60.0 Å². The molecule has 0 unspecified atom stereocenters. The van der Waals surface area contributed by atoms with Gasteiger partial charge in [0.1, 0.15) is 10.8 Å². The lowest BCUT2D eigenvalue weighted by Crippen LogP contribution is -2.27. The van der Waals surface area contributed by atoms with E-state index >= 15 is 0 Å². The minimum Gasteiger partial charge on any atom is -0.507 e. The minimum atomic E-state index is -0.150. The Morgan fingerprint density at radius 1 is 1.24 bits per heavy atom. The lowest BCUT2D eigenvalue weighted by atomic mass is 9.72. The molecule has 0 aliphatic heterocycles. The first-order valence-electron chi connectivity index (χ1n) is 10.9. The molecule has 2 N–H and O–H groups in total. The van der Waals surface area contributed by atoms with Gasteiger partial charge in [-0.05, 0) is 100 Å². The van der Waals surface area contributed by atoms with Crippen molar-refractivity contribution in [2.45, 2.75) is 40.0 Å². The number of amides is 1. The fourth-order valence-electron chi connectivity index (χ4n) is 4.10. The maximum absolute atomic E-state index is 13.4. The van der Waals surface area contributed by atoms with E-state index < -0.39 is 0 Å². The first-order chi connectivity index (χ1) is 15.6. The Balaban J connectivity index is 1.70. The lowest BCUT2D eigenvalue weighted by molar-refractivity contribution is 0.102. The van der Waals surface area contributed by atoms with Gasteiger partial charge in [0.2, 0.25) is 0 Å². The SMILES string of the molecule is CC(C)(C)[C@@H]1CCc2c(sc(N=Cc3ccc(O)c(Br)c3)c2C(=O)Nc2ccc(Cl)cc2)C1. The van der Waals surface area contributed by atoms with Crippen molar-refractivity contribution in [2.75, 3.05) is 5.32 Å². The van der Waals surface area contributed by atoms with Crippen LogP contribution in [0.3, 0.4) is 0 Å². The van der Waals surface area contributed by atoms with Gasteiger partial charge in [-0.15, -0.1) is 11.3 Å². The molecule has 2 aromatic carbocycles. The van der Waals surface area contributed by atoms with Crippen LogP contribution in [0.5, 0.6) is 5.75 Å². The highest BCUT2D eigenvalue weighted by Crippen LogP contribution is 2.45. The van der Waals surface area contributed by atoms with Crippen LogP contribution in [-0.2, 0) is 12.8 Å². The van der Waals surface area contributed by atoms with Gasteiger partial charge in [0, 0.05) is 21.8 Å². The summed E-state index contributed by atoms with van der Waals surface area (Å²) in [7, 11) is 0. The van der Waals surface area contributed by atoms with E-state index in [2.05, 4.69) is 42.0 Å². The molecule has 0 saturated carbocycles. The Kier molecular flexibility index (Phi) is 6.99. The van der Waals surface area contributed by atoms with Crippen LogP contribution < -0.4 is 5.32 Å². The number of fused-ring (bicyclic) bond motifs is 1. The number of carbonyl (C=O) groups excluding carboxylic acids is 1. The number of phenolic OH excluding ortho intramolecular Hbond substituents is 1. The summed E-state index contributed by atoms with van der Waals surface area (Å²) in [5, 5.41) is 14.1. The second-order valence-electron chi connectivity index (χ2n) is 9.42. The van der Waals surface area contributed by atoms with E-state index in [1.807, 2.05) is 0 Å². The second kappa shape index (κ2) is 9.61. The number of thiophene rings is 1. The predicted octanol–water partition coefficient (Wildman–Crippen LogP) is 8.02. The molecule has 0 spiro atoms. The Labute approximate surface area is 211 Å². The molecule has 1 heterocycles. The van der Waals surface area contributed by atoms with E-state index in [0.717, 1.165) is 30.4 Å². The van der Waals surface area contributed by atoms with Crippen molar-refractivity contribution in [2.24, 2.45) is 16.3 Å². The van der Waals surface area contributed by atoms with Crippen LogP contribution in [0.25, 0.3) is 0 Å². The van der Waals surface area contributed by atoms with E-state index in [4.69, 9.17) is 16.6 Å². The molecule has 4 nitrogen and oxygen atoms in total. The maximum Gasteiger partial charge on any atom is 0.259 e. The van der Waals surface area contributed by atoms with Gasteiger partial charge < -0.3 is 10.4 Å². The third-order valence-electron chi connectivity index (χ3n) is 6.10. The van der Waals surface area contributed by atoms with Gasteiger partial charge in [0.05, 0.1) is 10.0 Å². The summed E-state index contributed by atoms with van der Waals surface area (Å²) in [5.74, 6) is 0.596. The van der Waals surface area contributed by atoms with Gasteiger partial charge in [-0.2, -0.15) is 0 Å². The number of halogens is 2. The molecule has 33 heavy (non-hydrogen) atoms. The third kappa shape index (κ3) is 5.51. The molecular weight excluding hydrogens is 520 g/mol. The normalized spacial score (nSPS) is 16.1. The van der Waals surface area contributed by atoms with Crippen LogP contribution >= 0.6 is 38.9 Å². The van der Waals surface area contributed by atoms with E-state index in [0.29, 0.717) is 31.7 Å². The summed E-state index contributed by atoms with van der Waals surface area (Å²) < 4.78 is 0.602. The van der Waals surface area contributed by atoms with Crippen molar-refractivity contribution in [3.05, 3.63) is 73.5 Å². The van der Waals surface area contributed by atoms with Crippen molar-refractivity contribution in [1.29, 1.82) is 0 Å². The summed E-state index contributed by atoms with van der Waals surface area (Å²) in [4.78, 5) is 19.4. The number of nitrogens with zero attached hydrogens (tertiary/aromatic N) is 1. The number of aliphatic imine (C=N–C) groups is 1. The first-order valence-corrected chi connectivity index (χ1v) is 12.8. The van der Waals surface area contributed by atoms with E-state index in [-0.39, 0.29) is 17.1 Å². The lowest BCUT2D eigenvalue weighted by Gasteiger charge is -2.33. The smallest absolute Gasteiger partial charge is 0.259 e. The number of carbonyl (C=O) groups is 1. The Hall–Kier alpha value is -2.15. The minimum absolute atomic E-state index is 0.150. The summed E-state index contributed by atoms with van der Waals surface area (Å²) >= 11 is 10.9. The number of phenols is 1.